The van der Waals surface area contributed by atoms with E-state index >= 15 is 0 Å². The molecular formula is C18H17N3O4S. The zero-order valence-electron chi connectivity index (χ0n) is 13.9. The molecular weight excluding hydrogens is 354 g/mol. The summed E-state index contributed by atoms with van der Waals surface area (Å²) in [6, 6.07) is 13.1. The number of para-hydroxylation sites is 1. The predicted molar refractivity (Wildman–Crippen MR) is 97.2 cm³/mol. The molecule has 0 saturated heterocycles. The van der Waals surface area contributed by atoms with Gasteiger partial charge in [-0.2, -0.15) is 0 Å². The fraction of sp³-hybridized carbons (Fsp3) is 0.111. The number of amides is 2. The van der Waals surface area contributed by atoms with E-state index in [2.05, 4.69) is 15.8 Å². The van der Waals surface area contributed by atoms with E-state index < -0.39 is 15.7 Å². The van der Waals surface area contributed by atoms with Crippen LogP contribution in [0.4, 0.5) is 0 Å². The average Bonchev–Trinajstić information content (AvgIpc) is 3.02. The van der Waals surface area contributed by atoms with E-state index in [0.717, 1.165) is 22.7 Å². The molecule has 2 amide bonds. The van der Waals surface area contributed by atoms with Crippen molar-refractivity contribution < 1.29 is 18.0 Å². The molecule has 0 radical (unpaired) electrons. The molecule has 3 rings (SSSR count). The average molecular weight is 371 g/mol. The summed E-state index contributed by atoms with van der Waals surface area (Å²) >= 11 is 0. The number of carbonyl (C=O) groups excluding carboxylic acids is 2. The van der Waals surface area contributed by atoms with Crippen molar-refractivity contribution in [1.82, 2.24) is 15.8 Å². The highest BCUT2D eigenvalue weighted by Crippen LogP contribution is 2.17. The first-order valence-electron chi connectivity index (χ1n) is 7.79. The number of aromatic amines is 1. The smallest absolute Gasteiger partial charge is 0.269 e. The third kappa shape index (κ3) is 3.92. The fourth-order valence-corrected chi connectivity index (χ4v) is 3.18. The number of rotatable bonds is 4. The quantitative estimate of drug-likeness (QED) is 0.605. The Hall–Kier alpha value is -3.13. The van der Waals surface area contributed by atoms with Gasteiger partial charge in [0.05, 0.1) is 11.3 Å². The standard InChI is InChI=1S/C18H17N3O4S/c1-26(24,25)14-8-6-12(7-9-14)18(23)21-20-17(22)10-13-11-19-16-5-3-2-4-15(13)16/h2-9,11,19H,10H2,1H3,(H,20,22)(H,21,23). The monoisotopic (exact) mass is 371 g/mol. The summed E-state index contributed by atoms with van der Waals surface area (Å²) in [4.78, 5) is 27.3. The molecule has 0 aliphatic rings. The van der Waals surface area contributed by atoms with E-state index in [1.165, 1.54) is 24.3 Å². The number of aromatic nitrogens is 1. The van der Waals surface area contributed by atoms with Crippen LogP contribution in [0.2, 0.25) is 0 Å². The van der Waals surface area contributed by atoms with Crippen molar-refractivity contribution in [2.75, 3.05) is 6.26 Å². The van der Waals surface area contributed by atoms with Gasteiger partial charge in [0.15, 0.2) is 9.84 Å². The number of nitrogens with one attached hydrogen (secondary N) is 3. The lowest BCUT2D eigenvalue weighted by molar-refractivity contribution is -0.121. The van der Waals surface area contributed by atoms with Crippen LogP contribution in [0, 0.1) is 0 Å². The first-order chi connectivity index (χ1) is 12.3. The molecule has 0 aliphatic carbocycles. The molecule has 0 saturated carbocycles. The van der Waals surface area contributed by atoms with Crippen molar-refractivity contribution in [1.29, 1.82) is 0 Å². The van der Waals surface area contributed by atoms with Gasteiger partial charge in [0.25, 0.3) is 5.91 Å². The van der Waals surface area contributed by atoms with Gasteiger partial charge in [-0.15, -0.1) is 0 Å². The van der Waals surface area contributed by atoms with Crippen LogP contribution in [-0.4, -0.2) is 31.5 Å². The minimum absolute atomic E-state index is 0.108. The molecule has 1 aromatic heterocycles. The molecule has 0 fully saturated rings. The van der Waals surface area contributed by atoms with Crippen LogP contribution in [0.25, 0.3) is 10.9 Å². The molecule has 0 atom stereocenters. The Morgan fingerprint density at radius 1 is 1.00 bits per heavy atom. The summed E-state index contributed by atoms with van der Waals surface area (Å²) in [5.41, 5.74) is 6.68. The number of hydrogen-bond acceptors (Lipinski definition) is 4. The highest BCUT2D eigenvalue weighted by atomic mass is 32.2. The van der Waals surface area contributed by atoms with Crippen LogP contribution in [0.1, 0.15) is 15.9 Å². The molecule has 2 aromatic carbocycles. The predicted octanol–water partition coefficient (Wildman–Crippen LogP) is 1.58. The Kier molecular flexibility index (Phi) is 4.77. The summed E-state index contributed by atoms with van der Waals surface area (Å²) in [7, 11) is -3.32. The summed E-state index contributed by atoms with van der Waals surface area (Å²) in [6.07, 6.45) is 2.96. The SMILES string of the molecule is CS(=O)(=O)c1ccc(C(=O)NNC(=O)Cc2c[nH]c3ccccc23)cc1. The maximum atomic E-state index is 12.1. The molecule has 3 aromatic rings. The van der Waals surface area contributed by atoms with Crippen molar-refractivity contribution >= 4 is 32.6 Å². The van der Waals surface area contributed by atoms with Gasteiger partial charge >= 0.3 is 0 Å². The van der Waals surface area contributed by atoms with Gasteiger partial charge in [-0.25, -0.2) is 8.42 Å². The normalized spacial score (nSPS) is 11.3. The van der Waals surface area contributed by atoms with Gasteiger partial charge in [-0.3, -0.25) is 20.4 Å². The topological polar surface area (TPSA) is 108 Å². The Labute approximate surface area is 150 Å². The Balaban J connectivity index is 1.59. The minimum atomic E-state index is -3.32. The van der Waals surface area contributed by atoms with Crippen molar-refractivity contribution in [3.05, 3.63) is 65.9 Å². The zero-order chi connectivity index (χ0) is 18.7. The van der Waals surface area contributed by atoms with Crippen LogP contribution in [0.3, 0.4) is 0 Å². The highest BCUT2D eigenvalue weighted by Gasteiger charge is 2.12. The van der Waals surface area contributed by atoms with Gasteiger partial charge in [0.1, 0.15) is 0 Å². The second-order valence-corrected chi connectivity index (χ2v) is 7.85. The molecule has 0 unspecified atom stereocenters. The van der Waals surface area contributed by atoms with E-state index in [4.69, 9.17) is 0 Å². The lowest BCUT2D eigenvalue weighted by atomic mass is 10.1. The lowest BCUT2D eigenvalue weighted by Crippen LogP contribution is -2.42. The number of benzene rings is 2. The third-order valence-electron chi connectivity index (χ3n) is 3.89. The zero-order valence-corrected chi connectivity index (χ0v) is 14.8. The number of fused-ring (bicyclic) bond motifs is 1. The van der Waals surface area contributed by atoms with Crippen molar-refractivity contribution in [2.45, 2.75) is 11.3 Å². The summed E-state index contributed by atoms with van der Waals surface area (Å²) in [6.45, 7) is 0. The second-order valence-electron chi connectivity index (χ2n) is 5.84. The van der Waals surface area contributed by atoms with Crippen LogP contribution in [-0.2, 0) is 21.1 Å². The van der Waals surface area contributed by atoms with E-state index in [9.17, 15) is 18.0 Å². The number of hydrogen-bond donors (Lipinski definition) is 3. The van der Waals surface area contributed by atoms with E-state index in [-0.39, 0.29) is 22.8 Å². The largest absolute Gasteiger partial charge is 0.361 e. The van der Waals surface area contributed by atoms with Crippen molar-refractivity contribution in [3.8, 4) is 0 Å². The minimum Gasteiger partial charge on any atom is -0.361 e. The first-order valence-corrected chi connectivity index (χ1v) is 9.68. The lowest BCUT2D eigenvalue weighted by Gasteiger charge is -2.07. The summed E-state index contributed by atoms with van der Waals surface area (Å²) in [5, 5.41) is 0.949. The van der Waals surface area contributed by atoms with E-state index in [1.54, 1.807) is 6.20 Å². The Bertz CT molecular complexity index is 1070. The maximum absolute atomic E-state index is 12.1. The molecule has 3 N–H and O–H groups in total. The van der Waals surface area contributed by atoms with Crippen molar-refractivity contribution in [2.24, 2.45) is 0 Å². The first kappa shape index (κ1) is 17.7. The molecule has 134 valence electrons. The van der Waals surface area contributed by atoms with Gasteiger partial charge in [0, 0.05) is 28.9 Å². The van der Waals surface area contributed by atoms with Gasteiger partial charge in [-0.1, -0.05) is 18.2 Å². The summed E-state index contributed by atoms with van der Waals surface area (Å²) in [5.74, 6) is -0.895. The van der Waals surface area contributed by atoms with Gasteiger partial charge in [-0.05, 0) is 35.9 Å². The maximum Gasteiger partial charge on any atom is 0.269 e. The van der Waals surface area contributed by atoms with Crippen molar-refractivity contribution in [3.63, 3.8) is 0 Å². The van der Waals surface area contributed by atoms with Crippen LogP contribution < -0.4 is 10.9 Å². The number of carbonyl (C=O) groups is 2. The number of sulfone groups is 1. The number of hydrazine groups is 1. The van der Waals surface area contributed by atoms with Gasteiger partial charge in [0.2, 0.25) is 5.91 Å². The van der Waals surface area contributed by atoms with Crippen LogP contribution >= 0.6 is 0 Å². The molecule has 7 nitrogen and oxygen atoms in total. The third-order valence-corrected chi connectivity index (χ3v) is 5.01. The fourth-order valence-electron chi connectivity index (χ4n) is 2.55. The van der Waals surface area contributed by atoms with E-state index in [1.807, 2.05) is 24.3 Å². The van der Waals surface area contributed by atoms with E-state index in [0.29, 0.717) is 0 Å². The Morgan fingerprint density at radius 3 is 2.38 bits per heavy atom. The van der Waals surface area contributed by atoms with Crippen LogP contribution in [0.15, 0.2) is 59.6 Å². The second kappa shape index (κ2) is 7.01. The molecule has 1 heterocycles. The summed E-state index contributed by atoms with van der Waals surface area (Å²) < 4.78 is 22.8. The Morgan fingerprint density at radius 2 is 1.69 bits per heavy atom. The molecule has 0 bridgehead atoms. The molecule has 26 heavy (non-hydrogen) atoms. The molecule has 0 aliphatic heterocycles. The molecule has 0 spiro atoms. The van der Waals surface area contributed by atoms with Crippen LogP contribution in [0.5, 0.6) is 0 Å². The van der Waals surface area contributed by atoms with Gasteiger partial charge < -0.3 is 4.98 Å². The number of H-pyrrole nitrogens is 1. The highest BCUT2D eigenvalue weighted by molar-refractivity contribution is 7.90. The molecule has 8 heteroatoms.